The number of nitrogens with one attached hydrogen (secondary N) is 1. The van der Waals surface area contributed by atoms with Crippen LogP contribution in [0.15, 0.2) is 24.3 Å². The van der Waals surface area contributed by atoms with Crippen molar-refractivity contribution in [1.82, 2.24) is 0 Å². The summed E-state index contributed by atoms with van der Waals surface area (Å²) in [4.78, 5) is 0. The number of hydrogen-bond donors (Lipinski definition) is 2. The second-order valence-corrected chi connectivity index (χ2v) is 5.83. The van der Waals surface area contributed by atoms with Crippen LogP contribution < -0.4 is 11.1 Å². The highest BCUT2D eigenvalue weighted by atomic mass is 15.0. The Balaban J connectivity index is 2.05. The summed E-state index contributed by atoms with van der Waals surface area (Å²) in [6.07, 6.45) is 6.34. The SMILES string of the molecule is CCC1CCC(CN)(Nc2cccc(C)c2)CC1. The lowest BCUT2D eigenvalue weighted by molar-refractivity contribution is 0.253. The van der Waals surface area contributed by atoms with Crippen LogP contribution in [-0.2, 0) is 0 Å². The molecule has 0 aliphatic heterocycles. The maximum absolute atomic E-state index is 6.05. The van der Waals surface area contributed by atoms with Gasteiger partial charge in [-0.2, -0.15) is 0 Å². The van der Waals surface area contributed by atoms with Crippen molar-refractivity contribution in [3.8, 4) is 0 Å². The zero-order valence-electron chi connectivity index (χ0n) is 11.7. The Morgan fingerprint density at radius 3 is 2.61 bits per heavy atom. The highest BCUT2D eigenvalue weighted by Crippen LogP contribution is 2.35. The van der Waals surface area contributed by atoms with Gasteiger partial charge in [0.15, 0.2) is 0 Å². The summed E-state index contributed by atoms with van der Waals surface area (Å²) in [7, 11) is 0. The van der Waals surface area contributed by atoms with E-state index in [1.807, 2.05) is 0 Å². The van der Waals surface area contributed by atoms with Crippen molar-refractivity contribution in [2.75, 3.05) is 11.9 Å². The van der Waals surface area contributed by atoms with Crippen LogP contribution in [0.1, 0.15) is 44.6 Å². The van der Waals surface area contributed by atoms with E-state index in [4.69, 9.17) is 5.73 Å². The summed E-state index contributed by atoms with van der Waals surface area (Å²) >= 11 is 0. The Morgan fingerprint density at radius 1 is 1.33 bits per heavy atom. The lowest BCUT2D eigenvalue weighted by Gasteiger charge is -2.41. The van der Waals surface area contributed by atoms with Crippen molar-refractivity contribution < 1.29 is 0 Å². The summed E-state index contributed by atoms with van der Waals surface area (Å²) in [5.41, 5.74) is 8.69. The predicted molar refractivity (Wildman–Crippen MR) is 78.8 cm³/mol. The normalized spacial score (nSPS) is 28.1. The molecule has 1 saturated carbocycles. The molecule has 0 unspecified atom stereocenters. The average Bonchev–Trinajstić information content (AvgIpc) is 2.39. The Bertz CT molecular complexity index is 378. The smallest absolute Gasteiger partial charge is 0.0495 e. The monoisotopic (exact) mass is 246 g/mol. The van der Waals surface area contributed by atoms with Gasteiger partial charge in [0.1, 0.15) is 0 Å². The van der Waals surface area contributed by atoms with E-state index in [-0.39, 0.29) is 5.54 Å². The molecule has 2 rings (SSSR count). The first kappa shape index (κ1) is 13.4. The quantitative estimate of drug-likeness (QED) is 0.850. The maximum Gasteiger partial charge on any atom is 0.0495 e. The molecule has 1 aromatic rings. The lowest BCUT2D eigenvalue weighted by Crippen LogP contribution is -2.48. The summed E-state index contributed by atoms with van der Waals surface area (Å²) < 4.78 is 0. The first-order valence-electron chi connectivity index (χ1n) is 7.22. The summed E-state index contributed by atoms with van der Waals surface area (Å²) in [6.45, 7) is 5.17. The molecule has 0 radical (unpaired) electrons. The molecule has 0 aromatic heterocycles. The fourth-order valence-corrected chi connectivity index (χ4v) is 3.05. The van der Waals surface area contributed by atoms with Crippen LogP contribution in [0.2, 0.25) is 0 Å². The number of aryl methyl sites for hydroxylation is 1. The van der Waals surface area contributed by atoms with Crippen molar-refractivity contribution in [2.24, 2.45) is 11.7 Å². The first-order chi connectivity index (χ1) is 8.67. The van der Waals surface area contributed by atoms with E-state index in [0.717, 1.165) is 12.5 Å². The van der Waals surface area contributed by atoms with Gasteiger partial charge < -0.3 is 11.1 Å². The first-order valence-corrected chi connectivity index (χ1v) is 7.22. The van der Waals surface area contributed by atoms with Crippen LogP contribution in [0, 0.1) is 12.8 Å². The molecule has 1 aliphatic carbocycles. The van der Waals surface area contributed by atoms with Crippen LogP contribution >= 0.6 is 0 Å². The summed E-state index contributed by atoms with van der Waals surface area (Å²) in [5, 5.41) is 3.70. The van der Waals surface area contributed by atoms with Gasteiger partial charge in [-0.1, -0.05) is 25.5 Å². The Labute approximate surface area is 111 Å². The molecule has 2 heteroatoms. The van der Waals surface area contributed by atoms with E-state index < -0.39 is 0 Å². The predicted octanol–water partition coefficient (Wildman–Crippen LogP) is 3.70. The fourth-order valence-electron chi connectivity index (χ4n) is 3.05. The Morgan fingerprint density at radius 2 is 2.06 bits per heavy atom. The second kappa shape index (κ2) is 5.75. The summed E-state index contributed by atoms with van der Waals surface area (Å²) in [6, 6.07) is 8.60. The molecule has 100 valence electrons. The number of rotatable bonds is 4. The standard InChI is InChI=1S/C16H26N2/c1-3-14-7-9-16(12-17,10-8-14)18-15-6-4-5-13(2)11-15/h4-6,11,14,18H,3,7-10,12,17H2,1-2H3. The molecule has 1 aliphatic rings. The third-order valence-corrected chi connectivity index (χ3v) is 4.46. The molecule has 0 spiro atoms. The zero-order valence-corrected chi connectivity index (χ0v) is 11.7. The van der Waals surface area contributed by atoms with E-state index in [0.29, 0.717) is 0 Å². The van der Waals surface area contributed by atoms with Gasteiger partial charge in [0.2, 0.25) is 0 Å². The van der Waals surface area contributed by atoms with Gasteiger partial charge in [-0.25, -0.2) is 0 Å². The zero-order chi connectivity index (χ0) is 13.0. The molecule has 3 N–H and O–H groups in total. The highest BCUT2D eigenvalue weighted by Gasteiger charge is 2.33. The molecule has 0 heterocycles. The van der Waals surface area contributed by atoms with Gasteiger partial charge in [-0.05, 0) is 56.2 Å². The Hall–Kier alpha value is -1.02. The van der Waals surface area contributed by atoms with Gasteiger partial charge >= 0.3 is 0 Å². The van der Waals surface area contributed by atoms with E-state index in [1.54, 1.807) is 0 Å². The molecule has 0 amide bonds. The van der Waals surface area contributed by atoms with Gasteiger partial charge in [0.05, 0.1) is 0 Å². The van der Waals surface area contributed by atoms with Crippen LogP contribution in [0.3, 0.4) is 0 Å². The molecular weight excluding hydrogens is 220 g/mol. The topological polar surface area (TPSA) is 38.0 Å². The highest BCUT2D eigenvalue weighted by molar-refractivity contribution is 5.48. The molecule has 1 fully saturated rings. The van der Waals surface area contributed by atoms with E-state index in [1.165, 1.54) is 43.4 Å². The van der Waals surface area contributed by atoms with Gasteiger partial charge in [0.25, 0.3) is 0 Å². The van der Waals surface area contributed by atoms with Crippen LogP contribution in [0.4, 0.5) is 5.69 Å². The number of benzene rings is 1. The number of anilines is 1. The maximum atomic E-state index is 6.05. The number of hydrogen-bond acceptors (Lipinski definition) is 2. The largest absolute Gasteiger partial charge is 0.378 e. The molecule has 2 nitrogen and oxygen atoms in total. The lowest BCUT2D eigenvalue weighted by atomic mass is 9.75. The van der Waals surface area contributed by atoms with E-state index in [9.17, 15) is 0 Å². The molecule has 1 aromatic carbocycles. The van der Waals surface area contributed by atoms with Crippen molar-refractivity contribution >= 4 is 5.69 Å². The molecular formula is C16H26N2. The molecule has 0 bridgehead atoms. The second-order valence-electron chi connectivity index (χ2n) is 5.83. The van der Waals surface area contributed by atoms with Crippen molar-refractivity contribution in [3.05, 3.63) is 29.8 Å². The van der Waals surface area contributed by atoms with E-state index in [2.05, 4.69) is 43.4 Å². The van der Waals surface area contributed by atoms with Gasteiger partial charge in [-0.3, -0.25) is 0 Å². The van der Waals surface area contributed by atoms with Gasteiger partial charge in [0, 0.05) is 17.8 Å². The van der Waals surface area contributed by atoms with Crippen LogP contribution in [0.5, 0.6) is 0 Å². The summed E-state index contributed by atoms with van der Waals surface area (Å²) in [5.74, 6) is 0.906. The van der Waals surface area contributed by atoms with Crippen molar-refractivity contribution in [1.29, 1.82) is 0 Å². The van der Waals surface area contributed by atoms with E-state index >= 15 is 0 Å². The van der Waals surface area contributed by atoms with Crippen molar-refractivity contribution in [2.45, 2.75) is 51.5 Å². The number of nitrogens with two attached hydrogens (primary N) is 1. The minimum absolute atomic E-state index is 0.124. The van der Waals surface area contributed by atoms with Gasteiger partial charge in [-0.15, -0.1) is 0 Å². The minimum atomic E-state index is 0.124. The minimum Gasteiger partial charge on any atom is -0.378 e. The van der Waals surface area contributed by atoms with Crippen LogP contribution in [-0.4, -0.2) is 12.1 Å². The molecule has 0 atom stereocenters. The van der Waals surface area contributed by atoms with Crippen molar-refractivity contribution in [3.63, 3.8) is 0 Å². The third kappa shape index (κ3) is 3.05. The molecule has 0 saturated heterocycles. The Kier molecular flexibility index (Phi) is 4.28. The van der Waals surface area contributed by atoms with Crippen LogP contribution in [0.25, 0.3) is 0 Å². The fraction of sp³-hybridized carbons (Fsp3) is 0.625. The average molecular weight is 246 g/mol. The third-order valence-electron chi connectivity index (χ3n) is 4.46. The molecule has 18 heavy (non-hydrogen) atoms.